The minimum Gasteiger partial charge on any atom is -0.439 e. The molecular formula is C19H15NO2. The van der Waals surface area contributed by atoms with Crippen molar-refractivity contribution in [3.05, 3.63) is 70.5 Å². The van der Waals surface area contributed by atoms with E-state index >= 15 is 0 Å². The van der Waals surface area contributed by atoms with Gasteiger partial charge in [-0.25, -0.2) is 0 Å². The maximum Gasteiger partial charge on any atom is 0.211 e. The standard InChI is InChI=1S/C19H15NO2/c1-12-8-9-16-14(10-12)18(21)17-15(11-20(2)19(17)22-16)13-6-4-3-5-7-13/h3-11H,1-2H3. The quantitative estimate of drug-likeness (QED) is 0.525. The van der Waals surface area contributed by atoms with Crippen molar-refractivity contribution in [3.63, 3.8) is 0 Å². The molecule has 4 aromatic rings. The van der Waals surface area contributed by atoms with Crippen LogP contribution in [0.4, 0.5) is 0 Å². The van der Waals surface area contributed by atoms with Crippen molar-refractivity contribution >= 4 is 22.1 Å². The van der Waals surface area contributed by atoms with E-state index in [9.17, 15) is 4.79 Å². The molecule has 4 rings (SSSR count). The average molecular weight is 289 g/mol. The second kappa shape index (κ2) is 4.60. The van der Waals surface area contributed by atoms with E-state index < -0.39 is 0 Å². The van der Waals surface area contributed by atoms with E-state index in [0.717, 1.165) is 16.7 Å². The third-order valence-corrected chi connectivity index (χ3v) is 4.02. The van der Waals surface area contributed by atoms with Gasteiger partial charge in [-0.2, -0.15) is 0 Å². The van der Waals surface area contributed by atoms with Gasteiger partial charge in [0.15, 0.2) is 0 Å². The monoisotopic (exact) mass is 289 g/mol. The SMILES string of the molecule is Cc1ccc2oc3c(c(-c4ccccc4)cn3C)c(=O)c2c1. The highest BCUT2D eigenvalue weighted by atomic mass is 16.3. The van der Waals surface area contributed by atoms with Gasteiger partial charge in [0.2, 0.25) is 11.1 Å². The summed E-state index contributed by atoms with van der Waals surface area (Å²) in [6.07, 6.45) is 1.95. The zero-order chi connectivity index (χ0) is 15.3. The highest BCUT2D eigenvalue weighted by molar-refractivity contribution is 5.98. The summed E-state index contributed by atoms with van der Waals surface area (Å²) in [6.45, 7) is 1.98. The van der Waals surface area contributed by atoms with Gasteiger partial charge in [0, 0.05) is 18.8 Å². The van der Waals surface area contributed by atoms with Crippen molar-refractivity contribution < 1.29 is 4.42 Å². The zero-order valence-electron chi connectivity index (χ0n) is 12.5. The molecule has 0 spiro atoms. The van der Waals surface area contributed by atoms with E-state index in [1.165, 1.54) is 0 Å². The Bertz CT molecular complexity index is 1060. The second-order valence-corrected chi connectivity index (χ2v) is 5.63. The number of hydrogen-bond donors (Lipinski definition) is 0. The van der Waals surface area contributed by atoms with E-state index in [-0.39, 0.29) is 5.43 Å². The molecule has 3 heteroatoms. The largest absolute Gasteiger partial charge is 0.439 e. The van der Waals surface area contributed by atoms with Crippen LogP contribution < -0.4 is 5.43 Å². The molecule has 0 aliphatic rings. The van der Waals surface area contributed by atoms with Gasteiger partial charge in [-0.05, 0) is 24.6 Å². The number of nitrogens with zero attached hydrogens (tertiary/aromatic N) is 1. The Labute approximate surface area is 127 Å². The van der Waals surface area contributed by atoms with Crippen molar-refractivity contribution in [2.24, 2.45) is 7.05 Å². The molecule has 0 bridgehead atoms. The molecule has 0 atom stereocenters. The number of rotatable bonds is 1. The molecular weight excluding hydrogens is 274 g/mol. The van der Waals surface area contributed by atoms with Gasteiger partial charge in [0.1, 0.15) is 5.58 Å². The summed E-state index contributed by atoms with van der Waals surface area (Å²) in [4.78, 5) is 13.0. The smallest absolute Gasteiger partial charge is 0.211 e. The first-order valence-corrected chi connectivity index (χ1v) is 7.23. The van der Waals surface area contributed by atoms with Gasteiger partial charge in [-0.15, -0.1) is 0 Å². The molecule has 0 unspecified atom stereocenters. The molecule has 0 N–H and O–H groups in total. The van der Waals surface area contributed by atoms with Gasteiger partial charge < -0.3 is 8.98 Å². The van der Waals surface area contributed by atoms with Crippen LogP contribution in [0.3, 0.4) is 0 Å². The summed E-state index contributed by atoms with van der Waals surface area (Å²) < 4.78 is 7.85. The maximum absolute atomic E-state index is 13.0. The van der Waals surface area contributed by atoms with Gasteiger partial charge >= 0.3 is 0 Å². The van der Waals surface area contributed by atoms with E-state index in [1.54, 1.807) is 0 Å². The summed E-state index contributed by atoms with van der Waals surface area (Å²) >= 11 is 0. The molecule has 0 amide bonds. The number of aryl methyl sites for hydroxylation is 2. The average Bonchev–Trinajstić information content (AvgIpc) is 2.87. The third kappa shape index (κ3) is 1.79. The fourth-order valence-electron chi connectivity index (χ4n) is 2.94. The molecule has 0 aliphatic heterocycles. The molecule has 0 saturated heterocycles. The highest BCUT2D eigenvalue weighted by Gasteiger charge is 2.16. The Balaban J connectivity index is 2.19. The number of aromatic nitrogens is 1. The lowest BCUT2D eigenvalue weighted by Gasteiger charge is -2.02. The van der Waals surface area contributed by atoms with Crippen molar-refractivity contribution in [2.75, 3.05) is 0 Å². The molecule has 2 aromatic heterocycles. The third-order valence-electron chi connectivity index (χ3n) is 4.02. The van der Waals surface area contributed by atoms with Gasteiger partial charge in [0.05, 0.1) is 10.8 Å². The molecule has 22 heavy (non-hydrogen) atoms. The van der Waals surface area contributed by atoms with Crippen molar-refractivity contribution in [1.82, 2.24) is 4.57 Å². The molecule has 0 radical (unpaired) electrons. The Morgan fingerprint density at radius 2 is 1.82 bits per heavy atom. The van der Waals surface area contributed by atoms with Crippen molar-refractivity contribution in [3.8, 4) is 11.1 Å². The van der Waals surface area contributed by atoms with Gasteiger partial charge in [0.25, 0.3) is 0 Å². The molecule has 3 nitrogen and oxygen atoms in total. The van der Waals surface area contributed by atoms with Crippen LogP contribution in [0.2, 0.25) is 0 Å². The molecule has 0 aliphatic carbocycles. The molecule has 2 heterocycles. The van der Waals surface area contributed by atoms with E-state index in [4.69, 9.17) is 4.42 Å². The molecule has 2 aromatic carbocycles. The van der Waals surface area contributed by atoms with Crippen molar-refractivity contribution in [1.29, 1.82) is 0 Å². The van der Waals surface area contributed by atoms with Crippen LogP contribution in [0.1, 0.15) is 5.56 Å². The fourth-order valence-corrected chi connectivity index (χ4v) is 2.94. The number of hydrogen-bond acceptors (Lipinski definition) is 2. The minimum atomic E-state index is 0.0272. The lowest BCUT2D eigenvalue weighted by Crippen LogP contribution is -2.03. The van der Waals surface area contributed by atoms with Gasteiger partial charge in [-0.1, -0.05) is 42.0 Å². The molecule has 0 fully saturated rings. The number of benzene rings is 2. The number of fused-ring (bicyclic) bond motifs is 2. The van der Waals surface area contributed by atoms with Crippen LogP contribution in [0, 0.1) is 6.92 Å². The van der Waals surface area contributed by atoms with E-state index in [1.807, 2.05) is 73.3 Å². The Hall–Kier alpha value is -2.81. The van der Waals surface area contributed by atoms with E-state index in [0.29, 0.717) is 22.1 Å². The van der Waals surface area contributed by atoms with Crippen LogP contribution in [0.5, 0.6) is 0 Å². The zero-order valence-corrected chi connectivity index (χ0v) is 12.5. The van der Waals surface area contributed by atoms with Gasteiger partial charge in [-0.3, -0.25) is 4.79 Å². The van der Waals surface area contributed by atoms with Crippen LogP contribution in [0.25, 0.3) is 33.2 Å². The van der Waals surface area contributed by atoms with Crippen LogP contribution in [-0.4, -0.2) is 4.57 Å². The summed E-state index contributed by atoms with van der Waals surface area (Å²) in [7, 11) is 1.90. The van der Waals surface area contributed by atoms with Crippen LogP contribution >= 0.6 is 0 Å². The predicted molar refractivity (Wildman–Crippen MR) is 89.1 cm³/mol. The summed E-state index contributed by atoms with van der Waals surface area (Å²) in [5, 5.41) is 1.28. The first-order chi connectivity index (χ1) is 10.6. The molecule has 0 saturated carbocycles. The predicted octanol–water partition coefficient (Wildman–Crippen LogP) is 4.26. The summed E-state index contributed by atoms with van der Waals surface area (Å²) in [6, 6.07) is 15.6. The topological polar surface area (TPSA) is 35.1 Å². The molecule has 108 valence electrons. The van der Waals surface area contributed by atoms with E-state index in [2.05, 4.69) is 0 Å². The van der Waals surface area contributed by atoms with Crippen LogP contribution in [-0.2, 0) is 7.05 Å². The first-order valence-electron chi connectivity index (χ1n) is 7.23. The normalized spacial score (nSPS) is 11.4. The van der Waals surface area contributed by atoms with Crippen LogP contribution in [0.15, 0.2) is 63.9 Å². The van der Waals surface area contributed by atoms with Crippen molar-refractivity contribution in [2.45, 2.75) is 6.92 Å². The first kappa shape index (κ1) is 12.9. The summed E-state index contributed by atoms with van der Waals surface area (Å²) in [5.41, 5.74) is 4.25. The maximum atomic E-state index is 13.0. The summed E-state index contributed by atoms with van der Waals surface area (Å²) in [5.74, 6) is 0. The highest BCUT2D eigenvalue weighted by Crippen LogP contribution is 2.30. The fraction of sp³-hybridized carbons (Fsp3) is 0.105. The Kier molecular flexibility index (Phi) is 2.70. The Morgan fingerprint density at radius 1 is 1.05 bits per heavy atom. The second-order valence-electron chi connectivity index (χ2n) is 5.63. The Morgan fingerprint density at radius 3 is 2.59 bits per heavy atom. The lowest BCUT2D eigenvalue weighted by molar-refractivity contribution is 0.622. The minimum absolute atomic E-state index is 0.0272. The lowest BCUT2D eigenvalue weighted by atomic mass is 10.0.